The molecule has 0 saturated heterocycles. The van der Waals surface area contributed by atoms with Crippen LogP contribution in [0.15, 0.2) is 0 Å². The molecular weight excluding hydrogens is 489 g/mol. The summed E-state index contributed by atoms with van der Waals surface area (Å²) in [5.74, 6) is 4.70. The van der Waals surface area contributed by atoms with Crippen LogP contribution in [-0.2, 0) is 33.3 Å². The molecule has 0 spiro atoms. The van der Waals surface area contributed by atoms with Gasteiger partial charge in [-0.25, -0.2) is 0 Å². The first-order chi connectivity index (χ1) is 14.6. The molecule has 0 saturated carbocycles. The van der Waals surface area contributed by atoms with Gasteiger partial charge in [-0.1, -0.05) is 0 Å². The molecule has 0 aromatic rings. The van der Waals surface area contributed by atoms with Gasteiger partial charge in [-0.05, 0) is 11.5 Å². The zero-order chi connectivity index (χ0) is 22.7. The van der Waals surface area contributed by atoms with Crippen molar-refractivity contribution in [2.24, 2.45) is 0 Å². The summed E-state index contributed by atoms with van der Waals surface area (Å²) >= 11 is 17.9. The molecule has 0 unspecified atom stereocenters. The average molecular weight is 525 g/mol. The van der Waals surface area contributed by atoms with Gasteiger partial charge in [0.1, 0.15) is 13.2 Å². The predicted octanol–water partition coefficient (Wildman–Crippen LogP) is 2.34. The van der Waals surface area contributed by atoms with Crippen LogP contribution in [0.25, 0.3) is 0 Å². The highest BCUT2D eigenvalue weighted by Crippen LogP contribution is 1.99. The third-order valence-corrected chi connectivity index (χ3v) is 5.31. The normalized spacial score (nSPS) is 10.3. The van der Waals surface area contributed by atoms with Crippen LogP contribution in [0.3, 0.4) is 0 Å². The number of rotatable bonds is 20. The lowest BCUT2D eigenvalue weighted by molar-refractivity contribution is -0.145. The minimum Gasteiger partial charge on any atom is -0.463 e. The summed E-state index contributed by atoms with van der Waals surface area (Å²) in [6.07, 6.45) is 0.612. The van der Waals surface area contributed by atoms with Crippen molar-refractivity contribution in [2.45, 2.75) is 12.8 Å². The summed E-state index contributed by atoms with van der Waals surface area (Å²) in [5.41, 5.74) is 0. The lowest BCUT2D eigenvalue weighted by atomic mass is 10.5. The van der Waals surface area contributed by atoms with Crippen LogP contribution in [0.2, 0.25) is 0 Å². The van der Waals surface area contributed by atoms with E-state index < -0.39 is 0 Å². The number of ether oxygens (including phenoxy) is 5. The van der Waals surface area contributed by atoms with E-state index in [1.54, 1.807) is 0 Å². The van der Waals surface area contributed by atoms with Crippen molar-refractivity contribution in [3.8, 4) is 0 Å². The molecule has 0 radical (unpaired) electrons. The zero-order valence-corrected chi connectivity index (χ0v) is 21.8. The standard InChI is InChI=1S/C14H26O7S2.C4H10S3/c15-13(1-11-22)20-9-7-18-5-3-17-4-6-19-8-10-21-14(16)2-12-23;5-1-3-7-4-2-6/h22-23H,1-12H2;5-6H,1-4H2. The summed E-state index contributed by atoms with van der Waals surface area (Å²) in [5, 5.41) is 0. The Morgan fingerprint density at radius 1 is 0.533 bits per heavy atom. The first kappa shape index (κ1) is 32.7. The second-order valence-corrected chi connectivity index (χ2v) is 8.30. The molecule has 0 bridgehead atoms. The van der Waals surface area contributed by atoms with Crippen molar-refractivity contribution in [1.29, 1.82) is 0 Å². The number of carbonyl (C=O) groups excluding carboxylic acids is 2. The first-order valence-corrected chi connectivity index (χ1v) is 13.4. The molecule has 0 aromatic heterocycles. The van der Waals surface area contributed by atoms with Gasteiger partial charge in [0.15, 0.2) is 0 Å². The van der Waals surface area contributed by atoms with Gasteiger partial charge >= 0.3 is 11.9 Å². The average Bonchev–Trinajstić information content (AvgIpc) is 2.73. The van der Waals surface area contributed by atoms with Gasteiger partial charge < -0.3 is 23.7 Å². The van der Waals surface area contributed by atoms with Crippen LogP contribution in [0.1, 0.15) is 12.8 Å². The molecule has 0 aromatic carbocycles. The van der Waals surface area contributed by atoms with Crippen molar-refractivity contribution in [1.82, 2.24) is 0 Å². The minimum absolute atomic E-state index is 0.238. The largest absolute Gasteiger partial charge is 0.463 e. The van der Waals surface area contributed by atoms with Crippen LogP contribution in [0.5, 0.6) is 0 Å². The topological polar surface area (TPSA) is 80.3 Å². The number of thioether (sulfide) groups is 1. The predicted molar refractivity (Wildman–Crippen MR) is 136 cm³/mol. The number of hydrogen-bond acceptors (Lipinski definition) is 12. The highest BCUT2D eigenvalue weighted by atomic mass is 32.2. The lowest BCUT2D eigenvalue weighted by Gasteiger charge is -2.07. The summed E-state index contributed by atoms with van der Waals surface area (Å²) in [4.78, 5) is 22.0. The maximum Gasteiger partial charge on any atom is 0.306 e. The summed E-state index contributed by atoms with van der Waals surface area (Å²) < 4.78 is 25.5. The highest BCUT2D eigenvalue weighted by molar-refractivity contribution is 8.00. The van der Waals surface area contributed by atoms with E-state index in [1.165, 1.54) is 0 Å². The Bertz CT molecular complexity index is 347. The number of esters is 2. The van der Waals surface area contributed by atoms with Crippen molar-refractivity contribution in [3.05, 3.63) is 0 Å². The zero-order valence-electron chi connectivity index (χ0n) is 17.4. The third-order valence-electron chi connectivity index (χ3n) is 2.83. The second-order valence-electron chi connectivity index (χ2n) is 5.28. The van der Waals surface area contributed by atoms with Crippen molar-refractivity contribution in [2.75, 3.05) is 87.4 Å². The van der Waals surface area contributed by atoms with E-state index in [-0.39, 0.29) is 25.2 Å². The van der Waals surface area contributed by atoms with Crippen LogP contribution < -0.4 is 0 Å². The van der Waals surface area contributed by atoms with Gasteiger partial charge in [-0.15, -0.1) is 0 Å². The van der Waals surface area contributed by atoms with E-state index in [9.17, 15) is 9.59 Å². The van der Waals surface area contributed by atoms with Crippen LogP contribution in [-0.4, -0.2) is 99.3 Å². The van der Waals surface area contributed by atoms with Gasteiger partial charge in [0.2, 0.25) is 0 Å². The van der Waals surface area contributed by atoms with E-state index in [0.29, 0.717) is 64.0 Å². The molecule has 30 heavy (non-hydrogen) atoms. The van der Waals surface area contributed by atoms with Gasteiger partial charge in [-0.3, -0.25) is 9.59 Å². The van der Waals surface area contributed by atoms with Gasteiger partial charge in [0.05, 0.1) is 52.5 Å². The fourth-order valence-electron chi connectivity index (χ4n) is 1.53. The molecule has 0 aliphatic rings. The molecule has 0 atom stereocenters. The summed E-state index contributed by atoms with van der Waals surface area (Å²) in [6, 6.07) is 0. The lowest BCUT2D eigenvalue weighted by Crippen LogP contribution is -2.15. The van der Waals surface area contributed by atoms with Gasteiger partial charge in [0, 0.05) is 23.0 Å². The Hall–Kier alpha value is 0.570. The van der Waals surface area contributed by atoms with E-state index >= 15 is 0 Å². The molecular formula is C18H36O7S5. The van der Waals surface area contributed by atoms with Crippen LogP contribution in [0.4, 0.5) is 0 Å². The monoisotopic (exact) mass is 524 g/mol. The number of carbonyl (C=O) groups is 2. The Morgan fingerprint density at radius 2 is 0.867 bits per heavy atom. The van der Waals surface area contributed by atoms with Crippen molar-refractivity contribution < 1.29 is 33.3 Å². The van der Waals surface area contributed by atoms with E-state index in [0.717, 1.165) is 23.0 Å². The maximum absolute atomic E-state index is 11.0. The minimum atomic E-state index is -0.270. The van der Waals surface area contributed by atoms with Crippen LogP contribution in [0, 0.1) is 0 Å². The summed E-state index contributed by atoms with van der Waals surface area (Å²) in [7, 11) is 0. The Morgan fingerprint density at radius 3 is 1.17 bits per heavy atom. The molecule has 0 aliphatic heterocycles. The highest BCUT2D eigenvalue weighted by Gasteiger charge is 2.01. The molecule has 12 heteroatoms. The van der Waals surface area contributed by atoms with E-state index in [1.807, 2.05) is 11.8 Å². The molecule has 7 nitrogen and oxygen atoms in total. The summed E-state index contributed by atoms with van der Waals surface area (Å²) in [6.45, 7) is 2.88. The molecule has 0 amide bonds. The quantitative estimate of drug-likeness (QED) is 0.110. The molecule has 180 valence electrons. The fourth-order valence-corrected chi connectivity index (χ4v) is 3.13. The first-order valence-electron chi connectivity index (χ1n) is 9.68. The third kappa shape index (κ3) is 30.8. The van der Waals surface area contributed by atoms with Crippen LogP contribution >= 0.6 is 62.3 Å². The smallest absolute Gasteiger partial charge is 0.306 e. The van der Waals surface area contributed by atoms with Crippen molar-refractivity contribution in [3.63, 3.8) is 0 Å². The molecule has 0 N–H and O–H groups in total. The Balaban J connectivity index is 0. The number of hydrogen-bond donors (Lipinski definition) is 4. The molecule has 0 rings (SSSR count). The fraction of sp³-hybridized carbons (Fsp3) is 0.889. The van der Waals surface area contributed by atoms with E-state index in [4.69, 9.17) is 23.7 Å². The van der Waals surface area contributed by atoms with Crippen molar-refractivity contribution >= 4 is 74.2 Å². The number of thiol groups is 4. The molecule has 0 aliphatic carbocycles. The Labute approximate surface area is 207 Å². The molecule has 0 heterocycles. The Kier molecular flexibility index (Phi) is 32.3. The van der Waals surface area contributed by atoms with E-state index in [2.05, 4.69) is 50.5 Å². The maximum atomic E-state index is 11.0. The molecule has 0 fully saturated rings. The van der Waals surface area contributed by atoms with Gasteiger partial charge in [-0.2, -0.15) is 62.3 Å². The van der Waals surface area contributed by atoms with Gasteiger partial charge in [0.25, 0.3) is 0 Å². The second kappa shape index (κ2) is 29.6. The SMILES string of the molecule is O=C(CCS)OCCOCCOCCOCCOC(=O)CCS.SCCSCCS.